The lowest BCUT2D eigenvalue weighted by atomic mass is 10.1. The number of benzene rings is 1. The van der Waals surface area contributed by atoms with Crippen molar-refractivity contribution in [3.8, 4) is 0 Å². The molecule has 1 aromatic rings. The van der Waals surface area contributed by atoms with Gasteiger partial charge in [0.05, 0.1) is 4.90 Å². The van der Waals surface area contributed by atoms with Gasteiger partial charge in [0.1, 0.15) is 5.82 Å². The van der Waals surface area contributed by atoms with Crippen molar-refractivity contribution in [3.05, 3.63) is 29.1 Å². The van der Waals surface area contributed by atoms with Gasteiger partial charge in [0.15, 0.2) is 0 Å². The first-order valence-corrected chi connectivity index (χ1v) is 8.24. The van der Waals surface area contributed by atoms with Crippen molar-refractivity contribution in [1.82, 2.24) is 4.90 Å². The Hall–Kier alpha value is -1.47. The summed E-state index contributed by atoms with van der Waals surface area (Å²) in [5.41, 5.74) is 0.202. The Morgan fingerprint density at radius 2 is 1.95 bits per heavy atom. The number of amides is 1. The van der Waals surface area contributed by atoms with E-state index in [9.17, 15) is 17.6 Å². The molecule has 0 bridgehead atoms. The smallest absolute Gasteiger partial charge is 0.254 e. The van der Waals surface area contributed by atoms with Gasteiger partial charge < -0.3 is 4.90 Å². The molecule has 0 aliphatic rings. The number of primary sulfonamides is 1. The Labute approximate surface area is 125 Å². The largest absolute Gasteiger partial charge is 0.339 e. The van der Waals surface area contributed by atoms with Crippen molar-refractivity contribution in [2.75, 3.05) is 13.1 Å². The number of halogens is 1. The molecule has 118 valence electrons. The third-order valence-electron chi connectivity index (χ3n) is 3.12. The standard InChI is InChI=1S/C14H21FN2O3S/c1-5-17(8-9(2)3)14(18)12-6-11(15)7-13(10(12)4)21(16,19)20/h6-7,9H,5,8H2,1-4H3,(H2,16,19,20). The summed E-state index contributed by atoms with van der Waals surface area (Å²) in [6.07, 6.45) is 0. The summed E-state index contributed by atoms with van der Waals surface area (Å²) in [4.78, 5) is 13.7. The molecular formula is C14H21FN2O3S. The average molecular weight is 316 g/mol. The molecule has 0 unspecified atom stereocenters. The number of nitrogens with zero attached hydrogens (tertiary/aromatic N) is 1. The molecule has 1 rings (SSSR count). The van der Waals surface area contributed by atoms with E-state index in [0.717, 1.165) is 12.1 Å². The monoisotopic (exact) mass is 316 g/mol. The number of hydrogen-bond donors (Lipinski definition) is 1. The van der Waals surface area contributed by atoms with E-state index in [2.05, 4.69) is 0 Å². The van der Waals surface area contributed by atoms with Crippen LogP contribution >= 0.6 is 0 Å². The van der Waals surface area contributed by atoms with Crippen molar-refractivity contribution in [2.24, 2.45) is 11.1 Å². The molecule has 1 amide bonds. The molecule has 7 heteroatoms. The van der Waals surface area contributed by atoms with E-state index >= 15 is 0 Å². The molecule has 0 spiro atoms. The predicted octanol–water partition coefficient (Wildman–Crippen LogP) is 1.90. The van der Waals surface area contributed by atoms with Gasteiger partial charge in [-0.1, -0.05) is 13.8 Å². The summed E-state index contributed by atoms with van der Waals surface area (Å²) in [7, 11) is -4.08. The highest BCUT2D eigenvalue weighted by Crippen LogP contribution is 2.21. The summed E-state index contributed by atoms with van der Waals surface area (Å²) in [5.74, 6) is -0.942. The predicted molar refractivity (Wildman–Crippen MR) is 78.9 cm³/mol. The zero-order valence-electron chi connectivity index (χ0n) is 12.7. The fraction of sp³-hybridized carbons (Fsp3) is 0.500. The molecule has 21 heavy (non-hydrogen) atoms. The first-order valence-electron chi connectivity index (χ1n) is 6.70. The van der Waals surface area contributed by atoms with Crippen molar-refractivity contribution >= 4 is 15.9 Å². The third-order valence-corrected chi connectivity index (χ3v) is 4.15. The molecule has 0 radical (unpaired) electrons. The summed E-state index contributed by atoms with van der Waals surface area (Å²) >= 11 is 0. The lowest BCUT2D eigenvalue weighted by Gasteiger charge is -2.24. The number of carbonyl (C=O) groups is 1. The Morgan fingerprint density at radius 3 is 2.38 bits per heavy atom. The molecule has 2 N–H and O–H groups in total. The van der Waals surface area contributed by atoms with Crippen molar-refractivity contribution in [1.29, 1.82) is 0 Å². The maximum atomic E-state index is 13.6. The van der Waals surface area contributed by atoms with Crippen LogP contribution in [-0.4, -0.2) is 32.3 Å². The van der Waals surface area contributed by atoms with E-state index in [1.807, 2.05) is 20.8 Å². The van der Waals surface area contributed by atoms with E-state index in [4.69, 9.17) is 5.14 Å². The molecule has 0 fully saturated rings. The van der Waals surface area contributed by atoms with Gasteiger partial charge in [-0.15, -0.1) is 0 Å². The number of sulfonamides is 1. The van der Waals surface area contributed by atoms with Gasteiger partial charge in [0.2, 0.25) is 10.0 Å². The first-order chi connectivity index (χ1) is 9.57. The zero-order valence-corrected chi connectivity index (χ0v) is 13.5. The van der Waals surface area contributed by atoms with Crippen LogP contribution in [0.15, 0.2) is 17.0 Å². The number of carbonyl (C=O) groups excluding carboxylic acids is 1. The molecule has 0 saturated carbocycles. The third kappa shape index (κ3) is 4.25. The van der Waals surface area contributed by atoms with Gasteiger partial charge in [0, 0.05) is 18.7 Å². The minimum absolute atomic E-state index is 0.0292. The van der Waals surface area contributed by atoms with Gasteiger partial charge in [-0.05, 0) is 37.5 Å². The fourth-order valence-corrected chi connectivity index (χ4v) is 2.95. The van der Waals surface area contributed by atoms with Gasteiger partial charge in [0.25, 0.3) is 5.91 Å². The topological polar surface area (TPSA) is 80.5 Å². The minimum Gasteiger partial charge on any atom is -0.339 e. The molecule has 0 heterocycles. The van der Waals surface area contributed by atoms with Crippen LogP contribution in [0.25, 0.3) is 0 Å². The summed E-state index contributed by atoms with van der Waals surface area (Å²) < 4.78 is 36.6. The van der Waals surface area contributed by atoms with E-state index in [-0.39, 0.29) is 21.9 Å². The van der Waals surface area contributed by atoms with Gasteiger partial charge in [-0.25, -0.2) is 17.9 Å². The highest BCUT2D eigenvalue weighted by molar-refractivity contribution is 7.89. The molecule has 0 aromatic heterocycles. The number of hydrogen-bond acceptors (Lipinski definition) is 3. The van der Waals surface area contributed by atoms with E-state index in [1.54, 1.807) is 4.90 Å². The summed E-state index contributed by atoms with van der Waals surface area (Å²) in [5, 5.41) is 5.07. The fourth-order valence-electron chi connectivity index (χ4n) is 2.14. The minimum atomic E-state index is -4.08. The lowest BCUT2D eigenvalue weighted by Crippen LogP contribution is -2.34. The molecule has 0 aliphatic heterocycles. The molecule has 0 atom stereocenters. The SMILES string of the molecule is CCN(CC(C)C)C(=O)c1cc(F)cc(S(N)(=O)=O)c1C. The van der Waals surface area contributed by atoms with Crippen LogP contribution in [0.5, 0.6) is 0 Å². The Kier molecular flexibility index (Phi) is 5.47. The average Bonchev–Trinajstić information content (AvgIpc) is 2.36. The highest BCUT2D eigenvalue weighted by atomic mass is 32.2. The molecule has 0 saturated heterocycles. The normalized spacial score (nSPS) is 11.8. The van der Waals surface area contributed by atoms with Gasteiger partial charge in [-0.2, -0.15) is 0 Å². The quantitative estimate of drug-likeness (QED) is 0.901. The van der Waals surface area contributed by atoms with E-state index in [1.165, 1.54) is 6.92 Å². The Bertz CT molecular complexity index is 642. The Balaban J connectivity index is 3.36. The van der Waals surface area contributed by atoms with Crippen LogP contribution in [0.1, 0.15) is 36.7 Å². The van der Waals surface area contributed by atoms with E-state index < -0.39 is 21.7 Å². The van der Waals surface area contributed by atoms with Crippen LogP contribution in [0.4, 0.5) is 4.39 Å². The zero-order chi connectivity index (χ0) is 16.4. The van der Waals surface area contributed by atoms with Crippen LogP contribution in [0, 0.1) is 18.7 Å². The summed E-state index contributed by atoms with van der Waals surface area (Å²) in [6.45, 7) is 8.16. The maximum Gasteiger partial charge on any atom is 0.254 e. The van der Waals surface area contributed by atoms with Crippen LogP contribution in [0.3, 0.4) is 0 Å². The van der Waals surface area contributed by atoms with Gasteiger partial charge in [-0.3, -0.25) is 4.79 Å². The first kappa shape index (κ1) is 17.6. The highest BCUT2D eigenvalue weighted by Gasteiger charge is 2.23. The lowest BCUT2D eigenvalue weighted by molar-refractivity contribution is 0.0744. The number of rotatable bonds is 5. The van der Waals surface area contributed by atoms with Crippen LogP contribution in [0.2, 0.25) is 0 Å². The van der Waals surface area contributed by atoms with E-state index in [0.29, 0.717) is 13.1 Å². The molecular weight excluding hydrogens is 295 g/mol. The Morgan fingerprint density at radius 1 is 1.38 bits per heavy atom. The van der Waals surface area contributed by atoms with Crippen LogP contribution < -0.4 is 5.14 Å². The van der Waals surface area contributed by atoms with Crippen molar-refractivity contribution < 1.29 is 17.6 Å². The summed E-state index contributed by atoms with van der Waals surface area (Å²) in [6, 6.07) is 1.88. The maximum absolute atomic E-state index is 13.6. The molecule has 1 aromatic carbocycles. The van der Waals surface area contributed by atoms with Crippen LogP contribution in [-0.2, 0) is 10.0 Å². The number of nitrogens with two attached hydrogens (primary N) is 1. The molecule has 5 nitrogen and oxygen atoms in total. The van der Waals surface area contributed by atoms with Crippen molar-refractivity contribution in [2.45, 2.75) is 32.6 Å². The second kappa shape index (κ2) is 6.53. The molecule has 0 aliphatic carbocycles. The van der Waals surface area contributed by atoms with Gasteiger partial charge >= 0.3 is 0 Å². The second-order valence-corrected chi connectivity index (χ2v) is 6.89. The second-order valence-electron chi connectivity index (χ2n) is 5.36. The van der Waals surface area contributed by atoms with Crippen molar-refractivity contribution in [3.63, 3.8) is 0 Å².